The maximum atomic E-state index is 11.9. The van der Waals surface area contributed by atoms with Gasteiger partial charge in [0.25, 0.3) is 0 Å². The Morgan fingerprint density at radius 1 is 1.25 bits per heavy atom. The summed E-state index contributed by atoms with van der Waals surface area (Å²) in [5, 5.41) is 11.3. The number of hydrogen-bond donors (Lipinski definition) is 1. The quantitative estimate of drug-likeness (QED) is 0.903. The summed E-state index contributed by atoms with van der Waals surface area (Å²) in [7, 11) is 0. The van der Waals surface area contributed by atoms with Gasteiger partial charge in [0, 0.05) is 24.3 Å². The van der Waals surface area contributed by atoms with Crippen molar-refractivity contribution >= 4 is 21.8 Å². The van der Waals surface area contributed by atoms with E-state index in [-0.39, 0.29) is 12.5 Å². The Balaban J connectivity index is 1.92. The molecule has 6 nitrogen and oxygen atoms in total. The molecule has 0 unspecified atom stereocenters. The Hall–Kier alpha value is -1.63. The molecule has 0 aliphatic carbocycles. The van der Waals surface area contributed by atoms with Crippen molar-refractivity contribution in [2.45, 2.75) is 40.4 Å². The van der Waals surface area contributed by atoms with Crippen LogP contribution in [-0.2, 0) is 24.4 Å². The van der Waals surface area contributed by atoms with Crippen molar-refractivity contribution in [2.75, 3.05) is 0 Å². The van der Waals surface area contributed by atoms with Gasteiger partial charge in [-0.25, -0.2) is 0 Å². The predicted octanol–water partition coefficient (Wildman–Crippen LogP) is 1.80. The van der Waals surface area contributed by atoms with E-state index in [1.54, 1.807) is 17.1 Å². The van der Waals surface area contributed by atoms with E-state index in [0.717, 1.165) is 28.0 Å². The van der Waals surface area contributed by atoms with E-state index < -0.39 is 0 Å². The monoisotopic (exact) mass is 339 g/mol. The lowest BCUT2D eigenvalue weighted by Gasteiger charge is -2.07. The van der Waals surface area contributed by atoms with Gasteiger partial charge in [-0.1, -0.05) is 0 Å². The zero-order chi connectivity index (χ0) is 14.7. The van der Waals surface area contributed by atoms with Gasteiger partial charge >= 0.3 is 0 Å². The predicted molar refractivity (Wildman–Crippen MR) is 79.1 cm³/mol. The first-order chi connectivity index (χ1) is 9.52. The summed E-state index contributed by atoms with van der Waals surface area (Å²) in [4.78, 5) is 11.9. The van der Waals surface area contributed by atoms with Gasteiger partial charge in [-0.3, -0.25) is 14.2 Å². The molecule has 2 rings (SSSR count). The zero-order valence-corrected chi connectivity index (χ0v) is 13.4. The van der Waals surface area contributed by atoms with Crippen LogP contribution in [0, 0.1) is 13.8 Å². The second-order valence-corrected chi connectivity index (χ2v) is 5.44. The number of aryl methyl sites for hydroxylation is 1. The minimum absolute atomic E-state index is 0.0626. The van der Waals surface area contributed by atoms with Crippen LogP contribution in [0.5, 0.6) is 0 Å². The van der Waals surface area contributed by atoms with Crippen molar-refractivity contribution < 1.29 is 4.79 Å². The molecule has 2 aromatic rings. The molecule has 2 heterocycles. The first-order valence-electron chi connectivity index (χ1n) is 6.48. The zero-order valence-electron chi connectivity index (χ0n) is 11.9. The third-order valence-electron chi connectivity index (χ3n) is 3.32. The van der Waals surface area contributed by atoms with Crippen molar-refractivity contribution in [3.05, 3.63) is 33.8 Å². The van der Waals surface area contributed by atoms with Gasteiger partial charge in [-0.2, -0.15) is 10.2 Å². The number of carbonyl (C=O) groups is 1. The van der Waals surface area contributed by atoms with Crippen LogP contribution in [0.25, 0.3) is 0 Å². The number of aromatic nitrogens is 4. The van der Waals surface area contributed by atoms with E-state index in [2.05, 4.69) is 31.4 Å². The third kappa shape index (κ3) is 3.09. The highest BCUT2D eigenvalue weighted by Crippen LogP contribution is 2.14. The maximum absolute atomic E-state index is 11.9. The fourth-order valence-electron chi connectivity index (χ4n) is 1.95. The summed E-state index contributed by atoms with van der Waals surface area (Å²) in [6.45, 7) is 7.51. The normalized spacial score (nSPS) is 10.8. The molecule has 0 radical (unpaired) electrons. The van der Waals surface area contributed by atoms with Crippen molar-refractivity contribution in [3.8, 4) is 0 Å². The Labute approximate surface area is 126 Å². The molecule has 0 bridgehead atoms. The van der Waals surface area contributed by atoms with E-state index in [9.17, 15) is 4.79 Å². The van der Waals surface area contributed by atoms with Crippen LogP contribution in [0.2, 0.25) is 0 Å². The van der Waals surface area contributed by atoms with Crippen LogP contribution in [0.3, 0.4) is 0 Å². The molecule has 20 heavy (non-hydrogen) atoms. The van der Waals surface area contributed by atoms with Crippen LogP contribution >= 0.6 is 15.9 Å². The molecular weight excluding hydrogens is 322 g/mol. The molecule has 0 aromatic carbocycles. The number of nitrogens with one attached hydrogen (secondary N) is 1. The van der Waals surface area contributed by atoms with Gasteiger partial charge in [0.05, 0.1) is 22.6 Å². The minimum Gasteiger partial charge on any atom is -0.350 e. The molecule has 108 valence electrons. The summed E-state index contributed by atoms with van der Waals surface area (Å²) in [5.41, 5.74) is 3.07. The highest BCUT2D eigenvalue weighted by atomic mass is 79.9. The first-order valence-corrected chi connectivity index (χ1v) is 7.28. The summed E-state index contributed by atoms with van der Waals surface area (Å²) in [6, 6.07) is 0. The Morgan fingerprint density at radius 2 is 1.95 bits per heavy atom. The van der Waals surface area contributed by atoms with E-state index in [1.807, 2.05) is 25.5 Å². The van der Waals surface area contributed by atoms with E-state index in [0.29, 0.717) is 6.54 Å². The molecule has 7 heteroatoms. The van der Waals surface area contributed by atoms with Gasteiger partial charge in [0.2, 0.25) is 5.91 Å². The van der Waals surface area contributed by atoms with Crippen LogP contribution < -0.4 is 5.32 Å². The third-order valence-corrected chi connectivity index (χ3v) is 4.10. The van der Waals surface area contributed by atoms with Crippen molar-refractivity contribution in [2.24, 2.45) is 0 Å². The summed E-state index contributed by atoms with van der Waals surface area (Å²) in [5.74, 6) is -0.0626. The van der Waals surface area contributed by atoms with Crippen LogP contribution in [-0.4, -0.2) is 25.5 Å². The molecule has 0 spiro atoms. The minimum atomic E-state index is -0.0626. The topological polar surface area (TPSA) is 64.7 Å². The Bertz CT molecular complexity index is 616. The van der Waals surface area contributed by atoms with Crippen LogP contribution in [0.4, 0.5) is 0 Å². The number of rotatable bonds is 5. The molecule has 1 amide bonds. The number of carbonyl (C=O) groups excluding carboxylic acids is 1. The second-order valence-electron chi connectivity index (χ2n) is 4.58. The molecule has 0 aliphatic rings. The SMILES string of the molecule is CCn1ncc(CNC(=O)Cn2ncc(Br)c2C)c1C. The summed E-state index contributed by atoms with van der Waals surface area (Å²) >= 11 is 3.38. The standard InChI is InChI=1S/C13H18BrN5O/c1-4-18-9(2)11(6-16-18)5-15-13(20)8-19-10(3)12(14)7-17-19/h6-7H,4-5,8H2,1-3H3,(H,15,20). The van der Waals surface area contributed by atoms with Crippen LogP contribution in [0.1, 0.15) is 23.9 Å². The summed E-state index contributed by atoms with van der Waals surface area (Å²) < 4.78 is 4.49. The van der Waals surface area contributed by atoms with Crippen LogP contribution in [0.15, 0.2) is 16.9 Å². The fourth-order valence-corrected chi connectivity index (χ4v) is 2.24. The average molecular weight is 340 g/mol. The molecular formula is C13H18BrN5O. The highest BCUT2D eigenvalue weighted by Gasteiger charge is 2.10. The molecule has 0 saturated carbocycles. The van der Waals surface area contributed by atoms with E-state index >= 15 is 0 Å². The van der Waals surface area contributed by atoms with Crippen molar-refractivity contribution in [1.82, 2.24) is 24.9 Å². The lowest BCUT2D eigenvalue weighted by molar-refractivity contribution is -0.122. The smallest absolute Gasteiger partial charge is 0.242 e. The van der Waals surface area contributed by atoms with Gasteiger partial charge < -0.3 is 5.32 Å². The fraction of sp³-hybridized carbons (Fsp3) is 0.462. The number of nitrogens with zero attached hydrogens (tertiary/aromatic N) is 4. The van der Waals surface area contributed by atoms with Crippen molar-refractivity contribution in [1.29, 1.82) is 0 Å². The largest absolute Gasteiger partial charge is 0.350 e. The van der Waals surface area contributed by atoms with E-state index in [1.165, 1.54) is 0 Å². The first kappa shape index (κ1) is 14.8. The lowest BCUT2D eigenvalue weighted by Crippen LogP contribution is -2.28. The molecule has 0 fully saturated rings. The number of halogens is 1. The van der Waals surface area contributed by atoms with Gasteiger partial charge in [-0.05, 0) is 36.7 Å². The highest BCUT2D eigenvalue weighted by molar-refractivity contribution is 9.10. The molecule has 0 atom stereocenters. The maximum Gasteiger partial charge on any atom is 0.242 e. The van der Waals surface area contributed by atoms with Gasteiger partial charge in [0.15, 0.2) is 0 Å². The van der Waals surface area contributed by atoms with E-state index in [4.69, 9.17) is 0 Å². The Morgan fingerprint density at radius 3 is 2.50 bits per heavy atom. The Kier molecular flexibility index (Phi) is 4.59. The molecule has 0 saturated heterocycles. The van der Waals surface area contributed by atoms with Gasteiger partial charge in [0.1, 0.15) is 6.54 Å². The lowest BCUT2D eigenvalue weighted by atomic mass is 10.2. The number of hydrogen-bond acceptors (Lipinski definition) is 3. The second kappa shape index (κ2) is 6.21. The molecule has 0 aliphatic heterocycles. The molecule has 2 aromatic heterocycles. The van der Waals surface area contributed by atoms with Crippen molar-refractivity contribution in [3.63, 3.8) is 0 Å². The average Bonchev–Trinajstić information content (AvgIpc) is 2.94. The number of amides is 1. The summed E-state index contributed by atoms with van der Waals surface area (Å²) in [6.07, 6.45) is 3.49. The van der Waals surface area contributed by atoms with Gasteiger partial charge in [-0.15, -0.1) is 0 Å². The molecule has 1 N–H and O–H groups in total.